The number of ether oxygens (including phenoxy) is 1. The Morgan fingerprint density at radius 1 is 1.56 bits per heavy atom. The molecule has 0 saturated carbocycles. The van der Waals surface area contributed by atoms with Gasteiger partial charge in [0.05, 0.1) is 0 Å². The number of para-hydroxylation sites is 1. The minimum absolute atomic E-state index is 0.00784. The van der Waals surface area contributed by atoms with Crippen molar-refractivity contribution in [3.63, 3.8) is 0 Å². The zero-order valence-corrected chi connectivity index (χ0v) is 8.72. The first-order valence-corrected chi connectivity index (χ1v) is 4.68. The Kier molecular flexibility index (Phi) is 4.15. The molecule has 0 fully saturated rings. The van der Waals surface area contributed by atoms with Gasteiger partial charge in [-0.05, 0) is 12.1 Å². The van der Waals surface area contributed by atoms with E-state index in [0.29, 0.717) is 11.3 Å². The summed E-state index contributed by atoms with van der Waals surface area (Å²) < 4.78 is 5.28. The molecular weight excluding hydrogens is 206 g/mol. The van der Waals surface area contributed by atoms with Gasteiger partial charge in [0.15, 0.2) is 11.5 Å². The Labute approximate surface area is 93.7 Å². The average molecular weight is 219 g/mol. The van der Waals surface area contributed by atoms with E-state index < -0.39 is 5.91 Å². The summed E-state index contributed by atoms with van der Waals surface area (Å²) in [6.45, 7) is 3.78. The number of hydrogen-bond acceptors (Lipinski definition) is 3. The van der Waals surface area contributed by atoms with Crippen LogP contribution in [0.1, 0.15) is 5.56 Å². The van der Waals surface area contributed by atoms with Crippen LogP contribution in [0.3, 0.4) is 0 Å². The molecule has 0 aromatic heterocycles. The first-order valence-electron chi connectivity index (χ1n) is 4.68. The molecule has 0 bridgehead atoms. The van der Waals surface area contributed by atoms with Crippen molar-refractivity contribution >= 4 is 12.0 Å². The van der Waals surface area contributed by atoms with Crippen molar-refractivity contribution < 1.29 is 14.6 Å². The van der Waals surface area contributed by atoms with Gasteiger partial charge in [0.25, 0.3) is 0 Å². The second-order valence-electron chi connectivity index (χ2n) is 3.03. The van der Waals surface area contributed by atoms with E-state index >= 15 is 0 Å². The third-order valence-corrected chi connectivity index (χ3v) is 1.80. The number of rotatable bonds is 5. The molecule has 0 atom stereocenters. The molecule has 4 heteroatoms. The molecule has 0 radical (unpaired) electrons. The molecule has 1 aromatic carbocycles. The molecule has 4 nitrogen and oxygen atoms in total. The summed E-state index contributed by atoms with van der Waals surface area (Å²) in [7, 11) is 0. The van der Waals surface area contributed by atoms with Crippen molar-refractivity contribution in [3.05, 3.63) is 42.5 Å². The zero-order valence-electron chi connectivity index (χ0n) is 8.72. The molecule has 16 heavy (non-hydrogen) atoms. The predicted molar refractivity (Wildman–Crippen MR) is 62.0 cm³/mol. The van der Waals surface area contributed by atoms with E-state index in [0.717, 1.165) is 0 Å². The third kappa shape index (κ3) is 3.16. The lowest BCUT2D eigenvalue weighted by Gasteiger charge is -2.08. The third-order valence-electron chi connectivity index (χ3n) is 1.80. The number of primary amides is 1. The smallest absolute Gasteiger partial charge is 0.241 e. The highest BCUT2D eigenvalue weighted by Crippen LogP contribution is 2.30. The summed E-state index contributed by atoms with van der Waals surface area (Å²) in [5.41, 5.74) is 5.57. The topological polar surface area (TPSA) is 72.6 Å². The highest BCUT2D eigenvalue weighted by molar-refractivity contribution is 5.90. The molecule has 0 aliphatic heterocycles. The van der Waals surface area contributed by atoms with Crippen LogP contribution in [0, 0.1) is 0 Å². The molecule has 3 N–H and O–H groups in total. The van der Waals surface area contributed by atoms with Crippen LogP contribution in [0.15, 0.2) is 36.9 Å². The van der Waals surface area contributed by atoms with Gasteiger partial charge in [-0.2, -0.15) is 0 Å². The van der Waals surface area contributed by atoms with Crippen molar-refractivity contribution in [1.29, 1.82) is 0 Å². The van der Waals surface area contributed by atoms with Gasteiger partial charge >= 0.3 is 0 Å². The molecule has 0 spiro atoms. The number of phenols is 1. The minimum Gasteiger partial charge on any atom is -0.504 e. The Bertz CT molecular complexity index is 424. The van der Waals surface area contributed by atoms with Crippen LogP contribution in [-0.4, -0.2) is 17.6 Å². The quantitative estimate of drug-likeness (QED) is 0.581. The first kappa shape index (κ1) is 11.8. The molecule has 1 amide bonds. The molecule has 1 rings (SSSR count). The van der Waals surface area contributed by atoms with Crippen molar-refractivity contribution in [1.82, 2.24) is 0 Å². The Balaban J connectivity index is 3.02. The summed E-state index contributed by atoms with van der Waals surface area (Å²) in [5, 5.41) is 9.57. The average Bonchev–Trinajstić information content (AvgIpc) is 2.25. The molecule has 0 saturated heterocycles. The molecule has 0 heterocycles. The summed E-state index contributed by atoms with van der Waals surface area (Å²) in [6, 6.07) is 4.86. The summed E-state index contributed by atoms with van der Waals surface area (Å²) in [6.07, 6.45) is 4.25. The van der Waals surface area contributed by atoms with Crippen LogP contribution in [0.5, 0.6) is 11.5 Å². The van der Waals surface area contributed by atoms with E-state index in [-0.39, 0.29) is 12.4 Å². The fourth-order valence-corrected chi connectivity index (χ4v) is 1.14. The van der Waals surface area contributed by atoms with E-state index in [1.165, 1.54) is 18.2 Å². The number of aromatic hydroxyl groups is 1. The Morgan fingerprint density at radius 3 is 2.94 bits per heavy atom. The molecule has 1 aromatic rings. The van der Waals surface area contributed by atoms with E-state index in [2.05, 4.69) is 6.58 Å². The monoisotopic (exact) mass is 219 g/mol. The number of hydrogen-bond donors (Lipinski definition) is 2. The SMILES string of the molecule is C=CCOc1c(O)cccc1C=CC(N)=O. The van der Waals surface area contributed by atoms with E-state index in [9.17, 15) is 9.90 Å². The normalized spacial score (nSPS) is 10.2. The molecule has 84 valence electrons. The summed E-state index contributed by atoms with van der Waals surface area (Å²) in [4.78, 5) is 10.6. The van der Waals surface area contributed by atoms with Crippen molar-refractivity contribution in [2.24, 2.45) is 5.73 Å². The lowest BCUT2D eigenvalue weighted by molar-refractivity contribution is -0.113. The van der Waals surface area contributed by atoms with Gasteiger partial charge in [-0.25, -0.2) is 0 Å². The maximum Gasteiger partial charge on any atom is 0.241 e. The highest BCUT2D eigenvalue weighted by atomic mass is 16.5. The van der Waals surface area contributed by atoms with Gasteiger partial charge in [0.1, 0.15) is 6.61 Å². The molecule has 0 aliphatic rings. The van der Waals surface area contributed by atoms with E-state index in [1.54, 1.807) is 18.2 Å². The number of amides is 1. The van der Waals surface area contributed by atoms with Gasteiger partial charge < -0.3 is 15.6 Å². The standard InChI is InChI=1S/C12H13NO3/c1-2-8-16-12-9(6-7-11(13)15)4-3-5-10(12)14/h2-7,14H,1,8H2,(H2,13,15). The highest BCUT2D eigenvalue weighted by Gasteiger charge is 2.06. The maximum absolute atomic E-state index is 10.6. The van der Waals surface area contributed by atoms with E-state index in [1.807, 2.05) is 0 Å². The lowest BCUT2D eigenvalue weighted by Crippen LogP contribution is -2.05. The molecule has 0 aliphatic carbocycles. The van der Waals surface area contributed by atoms with Crippen LogP contribution in [0.25, 0.3) is 6.08 Å². The minimum atomic E-state index is -0.557. The Morgan fingerprint density at radius 2 is 2.31 bits per heavy atom. The van der Waals surface area contributed by atoms with Gasteiger partial charge in [-0.3, -0.25) is 4.79 Å². The number of nitrogens with two attached hydrogens (primary N) is 1. The van der Waals surface area contributed by atoms with Crippen LogP contribution in [-0.2, 0) is 4.79 Å². The second-order valence-corrected chi connectivity index (χ2v) is 3.03. The van der Waals surface area contributed by atoms with Crippen molar-refractivity contribution in [2.75, 3.05) is 6.61 Å². The van der Waals surface area contributed by atoms with Gasteiger partial charge in [0, 0.05) is 11.6 Å². The van der Waals surface area contributed by atoms with Crippen molar-refractivity contribution in [3.8, 4) is 11.5 Å². The van der Waals surface area contributed by atoms with Crippen LogP contribution in [0.4, 0.5) is 0 Å². The fourth-order valence-electron chi connectivity index (χ4n) is 1.14. The van der Waals surface area contributed by atoms with E-state index in [4.69, 9.17) is 10.5 Å². The zero-order chi connectivity index (χ0) is 12.0. The predicted octanol–water partition coefficient (Wildman–Crippen LogP) is 1.46. The Hall–Kier alpha value is -2.23. The van der Waals surface area contributed by atoms with Gasteiger partial charge in [-0.1, -0.05) is 24.8 Å². The summed E-state index contributed by atoms with van der Waals surface area (Å²) >= 11 is 0. The van der Waals surface area contributed by atoms with Crippen LogP contribution < -0.4 is 10.5 Å². The van der Waals surface area contributed by atoms with Crippen molar-refractivity contribution in [2.45, 2.75) is 0 Å². The number of carbonyl (C=O) groups is 1. The van der Waals surface area contributed by atoms with Crippen LogP contribution in [0.2, 0.25) is 0 Å². The lowest BCUT2D eigenvalue weighted by atomic mass is 10.1. The second kappa shape index (κ2) is 5.60. The first-order chi connectivity index (χ1) is 7.65. The summed E-state index contributed by atoms with van der Waals surface area (Å²) in [5.74, 6) is -0.244. The number of carbonyl (C=O) groups excluding carboxylic acids is 1. The largest absolute Gasteiger partial charge is 0.504 e. The molecule has 0 unspecified atom stereocenters. The van der Waals surface area contributed by atoms with Crippen LogP contribution >= 0.6 is 0 Å². The molecular formula is C12H13NO3. The number of phenolic OH excluding ortho intramolecular Hbond substituents is 1. The maximum atomic E-state index is 10.6. The van der Waals surface area contributed by atoms with Gasteiger partial charge in [-0.15, -0.1) is 0 Å². The van der Waals surface area contributed by atoms with Gasteiger partial charge in [0.2, 0.25) is 5.91 Å². The fraction of sp³-hybridized carbons (Fsp3) is 0.0833. The number of benzene rings is 1.